The summed E-state index contributed by atoms with van der Waals surface area (Å²) in [6.07, 6.45) is 2.46. The molecule has 0 saturated heterocycles. The summed E-state index contributed by atoms with van der Waals surface area (Å²) >= 11 is 0. The lowest BCUT2D eigenvalue weighted by atomic mass is 10.1. The lowest BCUT2D eigenvalue weighted by Gasteiger charge is -2.13. The molecule has 0 radical (unpaired) electrons. The molecule has 1 aromatic carbocycles. The highest BCUT2D eigenvalue weighted by Crippen LogP contribution is 2.22. The van der Waals surface area contributed by atoms with Gasteiger partial charge < -0.3 is 19.9 Å². The van der Waals surface area contributed by atoms with Crippen LogP contribution in [0.15, 0.2) is 41.0 Å². The number of phenols is 2. The maximum absolute atomic E-state index is 9.64. The maximum atomic E-state index is 9.64. The molecule has 0 bridgehead atoms. The fourth-order valence-corrected chi connectivity index (χ4v) is 1.79. The predicted molar refractivity (Wildman–Crippen MR) is 68.5 cm³/mol. The van der Waals surface area contributed by atoms with Crippen LogP contribution in [0.5, 0.6) is 11.5 Å². The van der Waals surface area contributed by atoms with Crippen molar-refractivity contribution in [2.45, 2.75) is 25.9 Å². The van der Waals surface area contributed by atoms with Gasteiger partial charge in [0.1, 0.15) is 17.3 Å². The highest BCUT2D eigenvalue weighted by atomic mass is 16.3. The van der Waals surface area contributed by atoms with Crippen molar-refractivity contribution in [2.24, 2.45) is 0 Å². The first kappa shape index (κ1) is 12.5. The van der Waals surface area contributed by atoms with Gasteiger partial charge in [-0.2, -0.15) is 0 Å². The Morgan fingerprint density at radius 2 is 2.11 bits per heavy atom. The maximum Gasteiger partial charge on any atom is 0.123 e. The smallest absolute Gasteiger partial charge is 0.123 e. The van der Waals surface area contributed by atoms with E-state index >= 15 is 0 Å². The molecule has 1 heterocycles. The van der Waals surface area contributed by atoms with Crippen molar-refractivity contribution in [1.82, 2.24) is 5.32 Å². The van der Waals surface area contributed by atoms with Crippen molar-refractivity contribution < 1.29 is 14.6 Å². The molecule has 0 aliphatic heterocycles. The Morgan fingerprint density at radius 3 is 2.78 bits per heavy atom. The molecule has 96 valence electrons. The SMILES string of the molecule is CC(Cc1ccco1)NCc1ccc(O)cc1O. The van der Waals surface area contributed by atoms with Crippen LogP contribution in [0.2, 0.25) is 0 Å². The summed E-state index contributed by atoms with van der Waals surface area (Å²) in [7, 11) is 0. The minimum atomic E-state index is 0.0693. The van der Waals surface area contributed by atoms with E-state index in [-0.39, 0.29) is 17.5 Å². The van der Waals surface area contributed by atoms with E-state index in [0.717, 1.165) is 17.7 Å². The molecule has 1 aromatic heterocycles. The molecular weight excluding hydrogens is 230 g/mol. The van der Waals surface area contributed by atoms with E-state index in [2.05, 4.69) is 12.2 Å². The summed E-state index contributed by atoms with van der Waals surface area (Å²) in [6.45, 7) is 2.61. The van der Waals surface area contributed by atoms with Crippen LogP contribution in [0.4, 0.5) is 0 Å². The van der Waals surface area contributed by atoms with Gasteiger partial charge in [0.2, 0.25) is 0 Å². The normalized spacial score (nSPS) is 12.5. The Balaban J connectivity index is 1.87. The van der Waals surface area contributed by atoms with E-state index in [1.807, 2.05) is 12.1 Å². The Morgan fingerprint density at radius 1 is 1.28 bits per heavy atom. The van der Waals surface area contributed by atoms with Crippen molar-refractivity contribution in [3.63, 3.8) is 0 Å². The fourth-order valence-electron chi connectivity index (χ4n) is 1.79. The molecule has 0 saturated carbocycles. The number of aromatic hydroxyl groups is 2. The van der Waals surface area contributed by atoms with Crippen LogP contribution in [-0.4, -0.2) is 16.3 Å². The largest absolute Gasteiger partial charge is 0.508 e. The summed E-state index contributed by atoms with van der Waals surface area (Å²) in [5.74, 6) is 1.11. The molecule has 0 spiro atoms. The number of nitrogens with one attached hydrogen (secondary N) is 1. The number of benzene rings is 1. The van der Waals surface area contributed by atoms with Crippen molar-refractivity contribution >= 4 is 0 Å². The molecule has 0 fully saturated rings. The van der Waals surface area contributed by atoms with Crippen molar-refractivity contribution in [3.8, 4) is 11.5 Å². The molecular formula is C14H17NO3. The fraction of sp³-hybridized carbons (Fsp3) is 0.286. The minimum Gasteiger partial charge on any atom is -0.508 e. The van der Waals surface area contributed by atoms with Gasteiger partial charge in [0.15, 0.2) is 0 Å². The van der Waals surface area contributed by atoms with Crippen molar-refractivity contribution in [2.75, 3.05) is 0 Å². The molecule has 0 aliphatic rings. The number of rotatable bonds is 5. The van der Waals surface area contributed by atoms with Crippen LogP contribution < -0.4 is 5.32 Å². The van der Waals surface area contributed by atoms with Crippen molar-refractivity contribution in [1.29, 1.82) is 0 Å². The van der Waals surface area contributed by atoms with Gasteiger partial charge in [0, 0.05) is 30.6 Å². The summed E-state index contributed by atoms with van der Waals surface area (Å²) in [4.78, 5) is 0. The Bertz CT molecular complexity index is 494. The average molecular weight is 247 g/mol. The molecule has 1 atom stereocenters. The summed E-state index contributed by atoms with van der Waals surface area (Å²) in [5.41, 5.74) is 0.763. The summed E-state index contributed by atoms with van der Waals surface area (Å²) < 4.78 is 5.27. The van der Waals surface area contributed by atoms with Crippen LogP contribution in [0.25, 0.3) is 0 Å². The molecule has 2 aromatic rings. The first-order valence-corrected chi connectivity index (χ1v) is 5.92. The zero-order valence-electron chi connectivity index (χ0n) is 10.3. The molecule has 0 amide bonds. The van der Waals surface area contributed by atoms with E-state index in [1.54, 1.807) is 18.4 Å². The monoisotopic (exact) mass is 247 g/mol. The van der Waals surface area contributed by atoms with Gasteiger partial charge in [0.05, 0.1) is 6.26 Å². The minimum absolute atomic E-state index is 0.0693. The second-order valence-corrected chi connectivity index (χ2v) is 4.38. The Kier molecular flexibility index (Phi) is 3.89. The first-order valence-electron chi connectivity index (χ1n) is 5.92. The molecule has 4 nitrogen and oxygen atoms in total. The lowest BCUT2D eigenvalue weighted by Crippen LogP contribution is -2.27. The van der Waals surface area contributed by atoms with E-state index in [4.69, 9.17) is 4.42 Å². The van der Waals surface area contributed by atoms with Crippen LogP contribution >= 0.6 is 0 Å². The second-order valence-electron chi connectivity index (χ2n) is 4.38. The summed E-state index contributed by atoms with van der Waals surface area (Å²) in [5, 5.41) is 22.1. The average Bonchev–Trinajstić information content (AvgIpc) is 2.80. The van der Waals surface area contributed by atoms with Gasteiger partial charge >= 0.3 is 0 Å². The zero-order valence-corrected chi connectivity index (χ0v) is 10.3. The quantitative estimate of drug-likeness (QED) is 0.759. The van der Waals surface area contributed by atoms with Gasteiger partial charge in [-0.05, 0) is 25.1 Å². The third-order valence-electron chi connectivity index (χ3n) is 2.80. The Labute approximate surface area is 106 Å². The molecule has 18 heavy (non-hydrogen) atoms. The topological polar surface area (TPSA) is 65.6 Å². The molecule has 2 rings (SSSR count). The first-order chi connectivity index (χ1) is 8.65. The van der Waals surface area contributed by atoms with Gasteiger partial charge in [0.25, 0.3) is 0 Å². The number of hydrogen-bond acceptors (Lipinski definition) is 4. The Hall–Kier alpha value is -1.94. The van der Waals surface area contributed by atoms with Gasteiger partial charge in [-0.15, -0.1) is 0 Å². The number of hydrogen-bond donors (Lipinski definition) is 3. The highest BCUT2D eigenvalue weighted by molar-refractivity contribution is 5.38. The molecule has 4 heteroatoms. The second kappa shape index (κ2) is 5.60. The van der Waals surface area contributed by atoms with E-state index < -0.39 is 0 Å². The van der Waals surface area contributed by atoms with Crippen LogP contribution in [0.3, 0.4) is 0 Å². The molecule has 1 unspecified atom stereocenters. The van der Waals surface area contributed by atoms with Crippen LogP contribution in [0.1, 0.15) is 18.2 Å². The molecule has 3 N–H and O–H groups in total. The van der Waals surface area contributed by atoms with E-state index in [0.29, 0.717) is 6.54 Å². The van der Waals surface area contributed by atoms with Gasteiger partial charge in [-0.3, -0.25) is 0 Å². The zero-order chi connectivity index (χ0) is 13.0. The summed E-state index contributed by atoms with van der Waals surface area (Å²) in [6, 6.07) is 8.66. The predicted octanol–water partition coefficient (Wildman–Crippen LogP) is 2.41. The lowest BCUT2D eigenvalue weighted by molar-refractivity contribution is 0.434. The van der Waals surface area contributed by atoms with Crippen LogP contribution in [0, 0.1) is 0 Å². The van der Waals surface area contributed by atoms with Gasteiger partial charge in [-0.1, -0.05) is 6.07 Å². The highest BCUT2D eigenvalue weighted by Gasteiger charge is 2.07. The van der Waals surface area contributed by atoms with Crippen molar-refractivity contribution in [3.05, 3.63) is 47.9 Å². The van der Waals surface area contributed by atoms with E-state index in [9.17, 15) is 10.2 Å². The number of phenolic OH excluding ortho intramolecular Hbond substituents is 2. The standard InChI is InChI=1S/C14H17NO3/c1-10(7-13-3-2-6-18-13)15-9-11-4-5-12(16)8-14(11)17/h2-6,8,10,15-17H,7,9H2,1H3. The third-order valence-corrected chi connectivity index (χ3v) is 2.80. The number of furan rings is 1. The third kappa shape index (κ3) is 3.28. The van der Waals surface area contributed by atoms with E-state index in [1.165, 1.54) is 6.07 Å². The van der Waals surface area contributed by atoms with Gasteiger partial charge in [-0.25, -0.2) is 0 Å². The molecule has 0 aliphatic carbocycles. The van der Waals surface area contributed by atoms with Crippen LogP contribution in [-0.2, 0) is 13.0 Å².